The number of para-hydroxylation sites is 1. The molecule has 2 aliphatic heterocycles. The lowest BCUT2D eigenvalue weighted by Crippen LogP contribution is -2.23. The fourth-order valence-corrected chi connectivity index (χ4v) is 3.48. The molecule has 0 aliphatic carbocycles. The van der Waals surface area contributed by atoms with Crippen molar-refractivity contribution in [1.29, 1.82) is 0 Å². The number of amides is 1. The number of rotatable bonds is 2. The van der Waals surface area contributed by atoms with E-state index in [1.54, 1.807) is 6.07 Å². The first-order valence-electron chi connectivity index (χ1n) is 6.12. The Morgan fingerprint density at radius 1 is 1.42 bits per heavy atom. The molecule has 2 atom stereocenters. The highest BCUT2D eigenvalue weighted by atomic mass is 35.5. The van der Waals surface area contributed by atoms with Gasteiger partial charge in [0.2, 0.25) is 0 Å². The van der Waals surface area contributed by atoms with Crippen molar-refractivity contribution in [2.24, 2.45) is 10.9 Å². The Kier molecular flexibility index (Phi) is 3.77. The largest absolute Gasteiger partial charge is 0.381 e. The van der Waals surface area contributed by atoms with Gasteiger partial charge < -0.3 is 10.1 Å². The SMILES string of the molecule is O=C1N=C(Nc2ccccc2Cl)SC1[C@H]1CCOC1. The number of benzene rings is 1. The molecule has 3 rings (SSSR count). The summed E-state index contributed by atoms with van der Waals surface area (Å²) in [7, 11) is 0. The summed E-state index contributed by atoms with van der Waals surface area (Å²) >= 11 is 7.54. The van der Waals surface area contributed by atoms with E-state index in [1.165, 1.54) is 11.8 Å². The molecule has 1 aromatic carbocycles. The maximum Gasteiger partial charge on any atom is 0.262 e. The quantitative estimate of drug-likeness (QED) is 0.912. The van der Waals surface area contributed by atoms with Gasteiger partial charge in [0.25, 0.3) is 5.91 Å². The molecule has 100 valence electrons. The Hall–Kier alpha value is -1.04. The van der Waals surface area contributed by atoms with E-state index in [4.69, 9.17) is 16.3 Å². The second kappa shape index (κ2) is 5.53. The number of nitrogens with zero attached hydrogens (tertiary/aromatic N) is 1. The van der Waals surface area contributed by atoms with Gasteiger partial charge in [-0.3, -0.25) is 4.79 Å². The molecular weight excluding hydrogens is 284 g/mol. The second-order valence-corrected chi connectivity index (χ2v) is 6.06. The lowest BCUT2D eigenvalue weighted by atomic mass is 10.0. The van der Waals surface area contributed by atoms with Gasteiger partial charge in [0.05, 0.1) is 22.6 Å². The normalized spacial score (nSPS) is 26.6. The minimum Gasteiger partial charge on any atom is -0.381 e. The van der Waals surface area contributed by atoms with Gasteiger partial charge in [0.15, 0.2) is 5.17 Å². The lowest BCUT2D eigenvalue weighted by molar-refractivity contribution is -0.117. The molecule has 0 bridgehead atoms. The maximum absolute atomic E-state index is 11.9. The zero-order valence-corrected chi connectivity index (χ0v) is 11.7. The van der Waals surface area contributed by atoms with Gasteiger partial charge in [-0.05, 0) is 18.6 Å². The average Bonchev–Trinajstić information content (AvgIpc) is 3.01. The number of hydrogen-bond donors (Lipinski definition) is 1. The van der Waals surface area contributed by atoms with Crippen LogP contribution >= 0.6 is 23.4 Å². The standard InChI is InChI=1S/C13H13ClN2O2S/c14-9-3-1-2-4-10(9)15-13-16-12(17)11(19-13)8-5-6-18-7-8/h1-4,8,11H,5-7H2,(H,15,16,17)/t8-,11?/m0/s1. The number of thioether (sulfide) groups is 1. The molecule has 0 aromatic heterocycles. The van der Waals surface area contributed by atoms with Crippen molar-refractivity contribution in [1.82, 2.24) is 0 Å². The van der Waals surface area contributed by atoms with E-state index in [9.17, 15) is 4.79 Å². The highest BCUT2D eigenvalue weighted by Gasteiger charge is 2.37. The molecule has 0 spiro atoms. The molecule has 6 heteroatoms. The molecule has 4 nitrogen and oxygen atoms in total. The van der Waals surface area contributed by atoms with Crippen molar-refractivity contribution in [2.45, 2.75) is 11.7 Å². The number of anilines is 1. The van der Waals surface area contributed by atoms with Crippen molar-refractivity contribution in [3.8, 4) is 0 Å². The number of amidine groups is 1. The van der Waals surface area contributed by atoms with Crippen molar-refractivity contribution >= 4 is 40.1 Å². The molecule has 1 aromatic rings. The number of halogens is 1. The first kappa shape index (κ1) is 13.0. The number of hydrogen-bond acceptors (Lipinski definition) is 4. The van der Waals surface area contributed by atoms with E-state index >= 15 is 0 Å². The van der Waals surface area contributed by atoms with Crippen LogP contribution in [0.1, 0.15) is 6.42 Å². The molecular formula is C13H13ClN2O2S. The number of carbonyl (C=O) groups excluding carboxylic acids is 1. The topological polar surface area (TPSA) is 50.7 Å². The van der Waals surface area contributed by atoms with Crippen LogP contribution in [-0.2, 0) is 9.53 Å². The first-order valence-corrected chi connectivity index (χ1v) is 7.38. The highest BCUT2D eigenvalue weighted by Crippen LogP contribution is 2.34. The third-order valence-corrected chi connectivity index (χ3v) is 4.79. The monoisotopic (exact) mass is 296 g/mol. The third kappa shape index (κ3) is 2.78. The van der Waals surface area contributed by atoms with Crippen LogP contribution in [0.15, 0.2) is 29.3 Å². The summed E-state index contributed by atoms with van der Waals surface area (Å²) in [6, 6.07) is 7.41. The Balaban J connectivity index is 1.69. The third-order valence-electron chi connectivity index (χ3n) is 3.20. The molecule has 1 fully saturated rings. The molecule has 2 heterocycles. The summed E-state index contributed by atoms with van der Waals surface area (Å²) < 4.78 is 5.33. The number of nitrogens with one attached hydrogen (secondary N) is 1. The minimum atomic E-state index is -0.118. The fraction of sp³-hybridized carbons (Fsp3) is 0.385. The van der Waals surface area contributed by atoms with E-state index in [-0.39, 0.29) is 17.1 Å². The van der Waals surface area contributed by atoms with Gasteiger partial charge in [0.1, 0.15) is 0 Å². The van der Waals surface area contributed by atoms with Crippen LogP contribution in [0.4, 0.5) is 5.69 Å². The summed E-state index contributed by atoms with van der Waals surface area (Å²) in [6.45, 7) is 1.39. The van der Waals surface area contributed by atoms with Gasteiger partial charge in [-0.1, -0.05) is 35.5 Å². The van der Waals surface area contributed by atoms with Crippen molar-refractivity contribution in [3.63, 3.8) is 0 Å². The molecule has 2 aliphatic rings. The maximum atomic E-state index is 11.9. The van der Waals surface area contributed by atoms with Gasteiger partial charge in [0, 0.05) is 12.5 Å². The van der Waals surface area contributed by atoms with Crippen LogP contribution in [0.3, 0.4) is 0 Å². The van der Waals surface area contributed by atoms with Crippen LogP contribution in [0.2, 0.25) is 5.02 Å². The predicted octanol–water partition coefficient (Wildman–Crippen LogP) is 2.79. The number of carbonyl (C=O) groups is 1. The van der Waals surface area contributed by atoms with E-state index in [1.807, 2.05) is 18.2 Å². The van der Waals surface area contributed by atoms with Crippen LogP contribution in [0, 0.1) is 5.92 Å². The van der Waals surface area contributed by atoms with Gasteiger partial charge in [-0.2, -0.15) is 4.99 Å². The molecule has 1 amide bonds. The summed E-state index contributed by atoms with van der Waals surface area (Å²) in [4.78, 5) is 16.0. The Morgan fingerprint density at radius 3 is 3.00 bits per heavy atom. The van der Waals surface area contributed by atoms with Crippen LogP contribution in [0.5, 0.6) is 0 Å². The number of aliphatic imine (C=N–C) groups is 1. The van der Waals surface area contributed by atoms with Gasteiger partial charge in [-0.15, -0.1) is 0 Å². The second-order valence-electron chi connectivity index (χ2n) is 4.52. The smallest absolute Gasteiger partial charge is 0.262 e. The zero-order chi connectivity index (χ0) is 13.2. The van der Waals surface area contributed by atoms with Gasteiger partial charge in [-0.25, -0.2) is 0 Å². The predicted molar refractivity (Wildman–Crippen MR) is 77.8 cm³/mol. The average molecular weight is 297 g/mol. The Morgan fingerprint density at radius 2 is 2.26 bits per heavy atom. The summed E-state index contributed by atoms with van der Waals surface area (Å²) in [6.07, 6.45) is 0.929. The molecule has 0 saturated carbocycles. The van der Waals surface area contributed by atoms with Crippen molar-refractivity contribution in [3.05, 3.63) is 29.3 Å². The van der Waals surface area contributed by atoms with Crippen LogP contribution < -0.4 is 5.32 Å². The Bertz CT molecular complexity index is 529. The van der Waals surface area contributed by atoms with E-state index in [0.29, 0.717) is 16.8 Å². The lowest BCUT2D eigenvalue weighted by Gasteiger charge is -2.13. The van der Waals surface area contributed by atoms with Gasteiger partial charge >= 0.3 is 0 Å². The summed E-state index contributed by atoms with van der Waals surface area (Å²) in [5.41, 5.74) is 0.770. The van der Waals surface area contributed by atoms with E-state index in [0.717, 1.165) is 18.7 Å². The molecule has 0 radical (unpaired) electrons. The highest BCUT2D eigenvalue weighted by molar-refractivity contribution is 8.15. The molecule has 1 unspecified atom stereocenters. The first-order chi connectivity index (χ1) is 9.24. The Labute approximate surface area is 120 Å². The molecule has 19 heavy (non-hydrogen) atoms. The molecule has 1 saturated heterocycles. The minimum absolute atomic E-state index is 0.0740. The summed E-state index contributed by atoms with van der Waals surface area (Å²) in [5.74, 6) is 0.196. The number of ether oxygens (including phenoxy) is 1. The van der Waals surface area contributed by atoms with E-state index in [2.05, 4.69) is 10.3 Å². The van der Waals surface area contributed by atoms with Crippen LogP contribution in [-0.4, -0.2) is 29.5 Å². The van der Waals surface area contributed by atoms with Crippen molar-refractivity contribution < 1.29 is 9.53 Å². The van der Waals surface area contributed by atoms with E-state index < -0.39 is 0 Å². The van der Waals surface area contributed by atoms with Crippen molar-refractivity contribution in [2.75, 3.05) is 18.5 Å². The van der Waals surface area contributed by atoms with Crippen LogP contribution in [0.25, 0.3) is 0 Å². The fourth-order valence-electron chi connectivity index (χ4n) is 2.19. The zero-order valence-electron chi connectivity index (χ0n) is 10.1. The summed E-state index contributed by atoms with van der Waals surface area (Å²) in [5, 5.41) is 4.23. The molecule has 1 N–H and O–H groups in total.